The summed E-state index contributed by atoms with van der Waals surface area (Å²) in [7, 11) is 3.16. The van der Waals surface area contributed by atoms with Crippen LogP contribution >= 0.6 is 0 Å². The zero-order valence-corrected chi connectivity index (χ0v) is 20.5. The first kappa shape index (κ1) is 24.9. The van der Waals surface area contributed by atoms with Crippen LogP contribution < -0.4 is 4.74 Å². The number of rotatable bonds is 9. The molecule has 3 heterocycles. The molecule has 2 aromatic carbocycles. The zero-order valence-electron chi connectivity index (χ0n) is 20.5. The van der Waals surface area contributed by atoms with Gasteiger partial charge in [0.2, 0.25) is 0 Å². The van der Waals surface area contributed by atoms with Crippen molar-refractivity contribution in [2.45, 2.75) is 6.04 Å². The van der Waals surface area contributed by atoms with E-state index in [1.54, 1.807) is 43.4 Å². The third kappa shape index (κ3) is 5.19. The van der Waals surface area contributed by atoms with Gasteiger partial charge in [-0.3, -0.25) is 9.89 Å². The lowest BCUT2D eigenvalue weighted by Crippen LogP contribution is -2.50. The molecule has 0 unspecified atom stereocenters. The molecule has 0 bridgehead atoms. The quantitative estimate of drug-likeness (QED) is 0.341. The molecule has 2 aromatic heterocycles. The highest BCUT2D eigenvalue weighted by Gasteiger charge is 2.28. The summed E-state index contributed by atoms with van der Waals surface area (Å²) in [6, 6.07) is 11.6. The topological polar surface area (TPSA) is 112 Å². The minimum Gasteiger partial charge on any atom is -0.488 e. The van der Waals surface area contributed by atoms with Crippen molar-refractivity contribution < 1.29 is 32.7 Å². The fourth-order valence-corrected chi connectivity index (χ4v) is 4.28. The van der Waals surface area contributed by atoms with E-state index >= 15 is 0 Å². The van der Waals surface area contributed by atoms with E-state index < -0.39 is 5.82 Å². The smallest absolute Gasteiger partial charge is 0.254 e. The van der Waals surface area contributed by atoms with E-state index in [1.807, 2.05) is 12.1 Å². The van der Waals surface area contributed by atoms with Crippen LogP contribution in [0, 0.1) is 5.82 Å². The van der Waals surface area contributed by atoms with Gasteiger partial charge in [0, 0.05) is 49.4 Å². The number of hydrogen-bond acceptors (Lipinski definition) is 8. The molecule has 0 saturated carbocycles. The van der Waals surface area contributed by atoms with E-state index in [4.69, 9.17) is 23.5 Å². The first-order valence-corrected chi connectivity index (χ1v) is 11.8. The van der Waals surface area contributed by atoms with Gasteiger partial charge in [0.1, 0.15) is 18.0 Å². The minimum atomic E-state index is -0.515. The number of ether oxygens (including phenoxy) is 4. The number of benzene rings is 2. The summed E-state index contributed by atoms with van der Waals surface area (Å²) in [4.78, 5) is 14.8. The molecule has 1 N–H and O–H groups in total. The lowest BCUT2D eigenvalue weighted by molar-refractivity contribution is -0.0251. The van der Waals surface area contributed by atoms with Crippen LogP contribution in [-0.2, 0) is 14.2 Å². The highest BCUT2D eigenvalue weighted by atomic mass is 19.1. The number of fused-ring (bicyclic) bond motifs is 1. The summed E-state index contributed by atoms with van der Waals surface area (Å²) in [5.41, 5.74) is 2.92. The third-order valence-electron chi connectivity index (χ3n) is 6.18. The van der Waals surface area contributed by atoms with Gasteiger partial charge < -0.3 is 28.4 Å². The maximum absolute atomic E-state index is 14.6. The Bertz CT molecular complexity index is 1370. The number of carbonyl (C=O) groups excluding carboxylic acids is 1. The molecule has 1 amide bonds. The summed E-state index contributed by atoms with van der Waals surface area (Å²) < 4.78 is 41.2. The van der Waals surface area contributed by atoms with E-state index in [0.29, 0.717) is 66.6 Å². The van der Waals surface area contributed by atoms with Crippen molar-refractivity contribution in [3.8, 4) is 28.5 Å². The van der Waals surface area contributed by atoms with Crippen molar-refractivity contribution in [1.29, 1.82) is 0 Å². The fraction of sp³-hybridized carbons (Fsp3) is 0.346. The van der Waals surface area contributed by atoms with E-state index in [-0.39, 0.29) is 24.3 Å². The third-order valence-corrected chi connectivity index (χ3v) is 6.18. The van der Waals surface area contributed by atoms with Gasteiger partial charge in [-0.05, 0) is 18.2 Å². The van der Waals surface area contributed by atoms with Crippen molar-refractivity contribution in [3.05, 3.63) is 53.8 Å². The molecule has 10 nitrogen and oxygen atoms in total. The Hall–Kier alpha value is -3.80. The lowest BCUT2D eigenvalue weighted by Gasteiger charge is -2.35. The molecule has 0 spiro atoms. The van der Waals surface area contributed by atoms with Crippen molar-refractivity contribution in [2.75, 3.05) is 53.8 Å². The molecule has 1 aliphatic heterocycles. The van der Waals surface area contributed by atoms with Crippen LogP contribution in [0.25, 0.3) is 33.6 Å². The second kappa shape index (κ2) is 11.1. The highest BCUT2D eigenvalue weighted by Crippen LogP contribution is 2.33. The second-order valence-corrected chi connectivity index (χ2v) is 8.58. The van der Waals surface area contributed by atoms with Gasteiger partial charge in [0.25, 0.3) is 5.91 Å². The molecule has 194 valence electrons. The van der Waals surface area contributed by atoms with Gasteiger partial charge in [0.05, 0.1) is 38.0 Å². The van der Waals surface area contributed by atoms with Crippen molar-refractivity contribution >= 4 is 16.8 Å². The van der Waals surface area contributed by atoms with Gasteiger partial charge >= 0.3 is 0 Å². The molecular formula is C26H27FN4O6. The maximum atomic E-state index is 14.6. The van der Waals surface area contributed by atoms with Crippen molar-refractivity contribution in [1.82, 2.24) is 20.3 Å². The van der Waals surface area contributed by atoms with Crippen LogP contribution in [0.4, 0.5) is 4.39 Å². The van der Waals surface area contributed by atoms with Gasteiger partial charge in [-0.15, -0.1) is 0 Å². The van der Waals surface area contributed by atoms with E-state index in [0.717, 1.165) is 5.56 Å². The fourth-order valence-electron chi connectivity index (χ4n) is 4.28. The summed E-state index contributed by atoms with van der Waals surface area (Å²) >= 11 is 0. The van der Waals surface area contributed by atoms with Crippen molar-refractivity contribution in [2.24, 2.45) is 0 Å². The number of methoxy groups -OCH3 is 2. The molecule has 1 saturated heterocycles. The Morgan fingerprint density at radius 1 is 1.16 bits per heavy atom. The molecule has 5 rings (SSSR count). The predicted octanol–water partition coefficient (Wildman–Crippen LogP) is 3.54. The second-order valence-electron chi connectivity index (χ2n) is 8.58. The summed E-state index contributed by atoms with van der Waals surface area (Å²) in [6.45, 7) is 2.46. The average molecular weight is 511 g/mol. The monoisotopic (exact) mass is 510 g/mol. The van der Waals surface area contributed by atoms with Crippen molar-refractivity contribution in [3.63, 3.8) is 0 Å². The van der Waals surface area contributed by atoms with E-state index in [2.05, 4.69) is 15.4 Å². The number of aromatic amines is 1. The molecule has 0 radical (unpaired) electrons. The molecule has 4 aromatic rings. The first-order valence-electron chi connectivity index (χ1n) is 11.8. The van der Waals surface area contributed by atoms with Gasteiger partial charge in [0.15, 0.2) is 17.3 Å². The van der Waals surface area contributed by atoms with Crippen LogP contribution in [0.2, 0.25) is 0 Å². The molecule has 0 aliphatic carbocycles. The zero-order chi connectivity index (χ0) is 25.8. The van der Waals surface area contributed by atoms with Crippen LogP contribution in [0.5, 0.6) is 5.75 Å². The molecular weight excluding hydrogens is 483 g/mol. The number of nitrogens with one attached hydrogen (secondary N) is 1. The molecule has 1 atom stereocenters. The van der Waals surface area contributed by atoms with Crippen LogP contribution in [-0.4, -0.2) is 86.0 Å². The standard InChI is InChI=1S/C26H27FN4O6/c1-33-9-10-36-23-13-22-19(11-20(23)27)25(29-28-22)24-12-21(30-37-24)16-3-5-17(6-4-16)26(32)31-7-8-35-15-18(31)14-34-2/h3-6,11-13,18H,7-10,14-15H2,1-2H3,(H,28,29)/t18-/m0/s1. The van der Waals surface area contributed by atoms with Crippen LogP contribution in [0.15, 0.2) is 47.0 Å². The minimum absolute atomic E-state index is 0.0756. The van der Waals surface area contributed by atoms with Crippen LogP contribution in [0.1, 0.15) is 10.4 Å². The average Bonchev–Trinajstić information content (AvgIpc) is 3.56. The molecule has 11 heteroatoms. The molecule has 1 aliphatic rings. The number of aromatic nitrogens is 3. The number of nitrogens with zero attached hydrogens (tertiary/aromatic N) is 3. The van der Waals surface area contributed by atoms with Gasteiger partial charge in [-0.2, -0.15) is 5.10 Å². The first-order chi connectivity index (χ1) is 18.1. The number of halogens is 1. The molecule has 37 heavy (non-hydrogen) atoms. The normalized spacial score (nSPS) is 15.9. The Labute approximate surface area is 212 Å². The highest BCUT2D eigenvalue weighted by molar-refractivity contribution is 5.95. The Morgan fingerprint density at radius 3 is 2.78 bits per heavy atom. The molecule has 1 fully saturated rings. The number of amides is 1. The number of morpholine rings is 1. The van der Waals surface area contributed by atoms with Gasteiger partial charge in [-0.1, -0.05) is 17.3 Å². The largest absolute Gasteiger partial charge is 0.488 e. The number of H-pyrrole nitrogens is 1. The Balaban J connectivity index is 1.33. The number of carbonyl (C=O) groups is 1. The maximum Gasteiger partial charge on any atom is 0.254 e. The summed E-state index contributed by atoms with van der Waals surface area (Å²) in [6.07, 6.45) is 0. The van der Waals surface area contributed by atoms with Gasteiger partial charge in [-0.25, -0.2) is 4.39 Å². The predicted molar refractivity (Wildman–Crippen MR) is 132 cm³/mol. The Kier molecular flexibility index (Phi) is 7.45. The number of hydrogen-bond donors (Lipinski definition) is 1. The van der Waals surface area contributed by atoms with E-state index in [1.165, 1.54) is 6.07 Å². The summed E-state index contributed by atoms with van der Waals surface area (Å²) in [5.74, 6) is -0.101. The van der Waals surface area contributed by atoms with E-state index in [9.17, 15) is 9.18 Å². The summed E-state index contributed by atoms with van der Waals surface area (Å²) in [5, 5.41) is 11.9. The lowest BCUT2D eigenvalue weighted by atomic mass is 10.1. The SMILES string of the molecule is COCCOc1cc2[nH]nc(-c3cc(-c4ccc(C(=O)N5CCOC[C@@H]5COC)cc4)no3)c2cc1F. The Morgan fingerprint density at radius 2 is 2.00 bits per heavy atom. The van der Waals surface area contributed by atoms with Crippen LogP contribution in [0.3, 0.4) is 0 Å².